The van der Waals surface area contributed by atoms with Crippen LogP contribution >= 0.6 is 0 Å². The summed E-state index contributed by atoms with van der Waals surface area (Å²) in [5, 5.41) is 5.07. The molecule has 1 aromatic rings. The smallest absolute Gasteiger partial charge is 0.242 e. The zero-order valence-corrected chi connectivity index (χ0v) is 14.5. The van der Waals surface area contributed by atoms with Crippen LogP contribution in [0.1, 0.15) is 32.3 Å². The number of carbonyl (C=O) groups excluding carboxylic acids is 2. The first-order chi connectivity index (χ1) is 11.6. The van der Waals surface area contributed by atoms with Gasteiger partial charge in [0.1, 0.15) is 11.9 Å². The maximum absolute atomic E-state index is 13.6. The van der Waals surface area contributed by atoms with Crippen LogP contribution in [0.4, 0.5) is 13.2 Å². The van der Waals surface area contributed by atoms with E-state index in [9.17, 15) is 22.8 Å². The molecule has 2 atom stereocenters. The fourth-order valence-corrected chi connectivity index (χ4v) is 2.44. The number of rotatable bonds is 8. The summed E-state index contributed by atoms with van der Waals surface area (Å²) in [7, 11) is 1.47. The van der Waals surface area contributed by atoms with Gasteiger partial charge in [0.15, 0.2) is 11.6 Å². The average molecular weight is 359 g/mol. The quantitative estimate of drug-likeness (QED) is 0.617. The van der Waals surface area contributed by atoms with Gasteiger partial charge >= 0.3 is 0 Å². The minimum absolute atomic E-state index is 0.107. The van der Waals surface area contributed by atoms with E-state index in [4.69, 9.17) is 5.73 Å². The molecule has 5 nitrogen and oxygen atoms in total. The van der Waals surface area contributed by atoms with Crippen molar-refractivity contribution in [3.63, 3.8) is 0 Å². The molecule has 25 heavy (non-hydrogen) atoms. The van der Waals surface area contributed by atoms with Crippen LogP contribution in [0.5, 0.6) is 0 Å². The van der Waals surface area contributed by atoms with Gasteiger partial charge in [0, 0.05) is 25.6 Å². The molecule has 0 bridgehead atoms. The third kappa shape index (κ3) is 6.74. The molecule has 2 amide bonds. The fraction of sp³-hybridized carbons (Fsp3) is 0.529. The highest BCUT2D eigenvalue weighted by atomic mass is 19.2. The van der Waals surface area contributed by atoms with Crippen molar-refractivity contribution in [1.29, 1.82) is 0 Å². The molecule has 0 aliphatic heterocycles. The van der Waals surface area contributed by atoms with Crippen molar-refractivity contribution in [1.82, 2.24) is 10.6 Å². The average Bonchev–Trinajstić information content (AvgIpc) is 2.50. The number of hydrogen-bond donors (Lipinski definition) is 3. The lowest BCUT2D eigenvalue weighted by Crippen LogP contribution is -2.47. The summed E-state index contributed by atoms with van der Waals surface area (Å²) < 4.78 is 39.7. The van der Waals surface area contributed by atoms with E-state index in [1.54, 1.807) is 0 Å². The second-order valence-corrected chi connectivity index (χ2v) is 6.39. The van der Waals surface area contributed by atoms with Crippen molar-refractivity contribution in [3.8, 4) is 0 Å². The summed E-state index contributed by atoms with van der Waals surface area (Å²) in [4.78, 5) is 23.9. The molecule has 4 N–H and O–H groups in total. The highest BCUT2D eigenvalue weighted by Crippen LogP contribution is 2.16. The first kappa shape index (κ1) is 21.0. The zero-order valence-electron chi connectivity index (χ0n) is 14.5. The molecule has 0 saturated carbocycles. The van der Waals surface area contributed by atoms with Gasteiger partial charge in [0.05, 0.1) is 0 Å². The summed E-state index contributed by atoms with van der Waals surface area (Å²) in [6, 6.07) is -0.315. The lowest BCUT2D eigenvalue weighted by atomic mass is 10.0. The van der Waals surface area contributed by atoms with E-state index in [-0.39, 0.29) is 30.2 Å². The van der Waals surface area contributed by atoms with Crippen LogP contribution in [0.15, 0.2) is 12.1 Å². The second kappa shape index (κ2) is 9.41. The van der Waals surface area contributed by atoms with Gasteiger partial charge in [-0.2, -0.15) is 0 Å². The van der Waals surface area contributed by atoms with Crippen LogP contribution in [0.2, 0.25) is 0 Å². The first-order valence-corrected chi connectivity index (χ1v) is 8.04. The van der Waals surface area contributed by atoms with Crippen molar-refractivity contribution in [2.75, 3.05) is 7.05 Å². The van der Waals surface area contributed by atoms with E-state index in [0.29, 0.717) is 12.5 Å². The maximum Gasteiger partial charge on any atom is 0.242 e. The summed E-state index contributed by atoms with van der Waals surface area (Å²) in [6.45, 7) is 3.83. The van der Waals surface area contributed by atoms with Crippen LogP contribution in [0.3, 0.4) is 0 Å². The van der Waals surface area contributed by atoms with Gasteiger partial charge in [-0.1, -0.05) is 13.8 Å². The largest absolute Gasteiger partial charge is 0.357 e. The molecule has 0 spiro atoms. The van der Waals surface area contributed by atoms with Crippen LogP contribution < -0.4 is 16.4 Å². The Morgan fingerprint density at radius 1 is 1.12 bits per heavy atom. The molecule has 0 saturated heterocycles. The first-order valence-electron chi connectivity index (χ1n) is 8.04. The molecular formula is C17H24F3N3O2. The number of halogens is 3. The van der Waals surface area contributed by atoms with Crippen molar-refractivity contribution in [3.05, 3.63) is 35.1 Å². The third-order valence-electron chi connectivity index (χ3n) is 3.62. The van der Waals surface area contributed by atoms with Gasteiger partial charge in [-0.15, -0.1) is 0 Å². The zero-order chi connectivity index (χ0) is 19.1. The minimum atomic E-state index is -1.28. The molecule has 0 aromatic heterocycles. The lowest BCUT2D eigenvalue weighted by molar-refractivity contribution is -0.129. The molecule has 8 heteroatoms. The van der Waals surface area contributed by atoms with E-state index < -0.39 is 35.4 Å². The molecule has 0 aliphatic carbocycles. The Morgan fingerprint density at radius 2 is 1.72 bits per heavy atom. The van der Waals surface area contributed by atoms with E-state index in [0.717, 1.165) is 6.07 Å². The monoisotopic (exact) mass is 359 g/mol. The lowest BCUT2D eigenvalue weighted by Gasteiger charge is -2.20. The molecule has 1 aromatic carbocycles. The number of likely N-dealkylation sites (N-methyl/N-ethyl adjacent to an activating group) is 1. The predicted octanol–water partition coefficient (Wildman–Crippen LogP) is 1.64. The van der Waals surface area contributed by atoms with Gasteiger partial charge < -0.3 is 16.4 Å². The number of nitrogens with two attached hydrogens (primary N) is 1. The van der Waals surface area contributed by atoms with Gasteiger partial charge in [-0.3, -0.25) is 9.59 Å². The van der Waals surface area contributed by atoms with Crippen molar-refractivity contribution >= 4 is 11.8 Å². The summed E-state index contributed by atoms with van der Waals surface area (Å²) in [5.41, 5.74) is 5.70. The Bertz CT molecular complexity index is 623. The Morgan fingerprint density at radius 3 is 2.28 bits per heavy atom. The molecule has 140 valence electrons. The van der Waals surface area contributed by atoms with Gasteiger partial charge in [0.25, 0.3) is 0 Å². The minimum Gasteiger partial charge on any atom is -0.357 e. The third-order valence-corrected chi connectivity index (χ3v) is 3.62. The van der Waals surface area contributed by atoms with Crippen molar-refractivity contribution < 1.29 is 22.8 Å². The molecular weight excluding hydrogens is 335 g/mol. The van der Waals surface area contributed by atoms with Crippen LogP contribution in [0, 0.1) is 23.4 Å². The van der Waals surface area contributed by atoms with Crippen LogP contribution in [-0.2, 0) is 16.0 Å². The highest BCUT2D eigenvalue weighted by Gasteiger charge is 2.22. The Kier molecular flexibility index (Phi) is 7.89. The molecule has 0 aliphatic rings. The standard InChI is InChI=1S/C17H24F3N3O2/c1-9(2)4-15(17(25)22-3)23-16(24)7-11(21)5-10-6-13(19)14(20)8-12(10)18/h6,8-9,11,15H,4-5,7,21H2,1-3H3,(H,22,25)(H,23,24)/t11-,15?/m1/s1. The summed E-state index contributed by atoms with van der Waals surface area (Å²) in [6.07, 6.45) is 0.147. The Hall–Kier alpha value is -2.09. The molecule has 0 radical (unpaired) electrons. The number of benzene rings is 1. The topological polar surface area (TPSA) is 84.2 Å². The van der Waals surface area contributed by atoms with E-state index in [2.05, 4.69) is 10.6 Å². The highest BCUT2D eigenvalue weighted by molar-refractivity contribution is 5.87. The fourth-order valence-electron chi connectivity index (χ4n) is 2.44. The molecule has 0 heterocycles. The van der Waals surface area contributed by atoms with Crippen molar-refractivity contribution in [2.24, 2.45) is 11.7 Å². The number of nitrogens with one attached hydrogen (secondary N) is 2. The van der Waals surface area contributed by atoms with Gasteiger partial charge in [-0.25, -0.2) is 13.2 Å². The molecule has 1 unspecified atom stereocenters. The SMILES string of the molecule is CNC(=O)C(CC(C)C)NC(=O)C[C@H](N)Cc1cc(F)c(F)cc1F. The molecule has 0 fully saturated rings. The summed E-state index contributed by atoms with van der Waals surface area (Å²) in [5.74, 6) is -3.98. The van der Waals surface area contributed by atoms with Crippen LogP contribution in [0.25, 0.3) is 0 Å². The Balaban J connectivity index is 2.66. The van der Waals surface area contributed by atoms with Gasteiger partial charge in [-0.05, 0) is 30.4 Å². The summed E-state index contributed by atoms with van der Waals surface area (Å²) >= 11 is 0. The van der Waals surface area contributed by atoms with E-state index in [1.165, 1.54) is 7.05 Å². The number of carbonyl (C=O) groups is 2. The number of hydrogen-bond acceptors (Lipinski definition) is 3. The Labute approximate surface area is 145 Å². The normalized spacial score (nSPS) is 13.4. The van der Waals surface area contributed by atoms with Crippen molar-refractivity contribution in [2.45, 2.75) is 45.2 Å². The van der Waals surface area contributed by atoms with Gasteiger partial charge in [0.2, 0.25) is 11.8 Å². The molecule has 1 rings (SSSR count). The van der Waals surface area contributed by atoms with Crippen LogP contribution in [-0.4, -0.2) is 30.9 Å². The maximum atomic E-state index is 13.6. The number of amides is 2. The second-order valence-electron chi connectivity index (χ2n) is 6.39. The van der Waals surface area contributed by atoms with E-state index in [1.807, 2.05) is 13.8 Å². The predicted molar refractivity (Wildman–Crippen MR) is 88.1 cm³/mol. The van der Waals surface area contributed by atoms with E-state index >= 15 is 0 Å².